The number of ether oxygens (including phenoxy) is 1. The zero-order chi connectivity index (χ0) is 23.4. The maximum Gasteiger partial charge on any atom is 0.227 e. The Labute approximate surface area is 198 Å². The van der Waals surface area contributed by atoms with Crippen LogP contribution in [0.1, 0.15) is 33.3 Å². The molecule has 2 heterocycles. The molecule has 0 bridgehead atoms. The van der Waals surface area contributed by atoms with Crippen molar-refractivity contribution < 1.29 is 4.74 Å². The molecule has 0 unspecified atom stereocenters. The molecule has 0 aliphatic rings. The van der Waals surface area contributed by atoms with Crippen molar-refractivity contribution in [2.45, 2.75) is 45.8 Å². The van der Waals surface area contributed by atoms with Crippen LogP contribution in [0.3, 0.4) is 0 Å². The largest absolute Gasteiger partial charge is 0.487 e. The Morgan fingerprint density at radius 1 is 1.06 bits per heavy atom. The van der Waals surface area contributed by atoms with Gasteiger partial charge in [0.25, 0.3) is 0 Å². The third kappa shape index (κ3) is 5.64. The van der Waals surface area contributed by atoms with Gasteiger partial charge in [0, 0.05) is 23.6 Å². The lowest BCUT2D eigenvalue weighted by Crippen LogP contribution is -2.20. The molecule has 170 valence electrons. The van der Waals surface area contributed by atoms with E-state index in [2.05, 4.69) is 57.6 Å². The second-order valence-corrected chi connectivity index (χ2v) is 9.23. The van der Waals surface area contributed by atoms with E-state index in [-0.39, 0.29) is 11.5 Å². The van der Waals surface area contributed by atoms with Crippen LogP contribution in [0, 0.1) is 0 Å². The Morgan fingerprint density at radius 2 is 1.82 bits per heavy atom. The van der Waals surface area contributed by atoms with E-state index in [1.165, 1.54) is 5.56 Å². The van der Waals surface area contributed by atoms with Crippen molar-refractivity contribution in [2.24, 2.45) is 0 Å². The highest BCUT2D eigenvalue weighted by Gasteiger charge is 2.18. The molecule has 0 aliphatic heterocycles. The molecule has 0 aliphatic carbocycles. The summed E-state index contributed by atoms with van der Waals surface area (Å²) in [5.41, 5.74) is 3.97. The fourth-order valence-corrected chi connectivity index (χ4v) is 3.62. The number of hydrogen-bond donors (Lipinski definition) is 1. The molecule has 2 aromatic heterocycles. The first-order chi connectivity index (χ1) is 15.8. The maximum absolute atomic E-state index is 6.36. The van der Waals surface area contributed by atoms with Gasteiger partial charge in [0.15, 0.2) is 0 Å². The summed E-state index contributed by atoms with van der Waals surface area (Å²) >= 11 is 6.36. The highest BCUT2D eigenvalue weighted by Crippen LogP contribution is 2.32. The number of nitrogens with one attached hydrogen (secondary N) is 1. The minimum Gasteiger partial charge on any atom is -0.487 e. The zero-order valence-corrected chi connectivity index (χ0v) is 19.8. The Bertz CT molecular complexity index is 1200. The number of nitrogens with zero attached hydrogens (tertiary/aromatic N) is 6. The highest BCUT2D eigenvalue weighted by molar-refractivity contribution is 6.32. The summed E-state index contributed by atoms with van der Waals surface area (Å²) < 4.78 is 7.64. The van der Waals surface area contributed by atoms with E-state index >= 15 is 0 Å². The average Bonchev–Trinajstić information content (AvgIpc) is 3.28. The molecule has 4 rings (SSSR count). The molecule has 0 saturated carbocycles. The standard InChI is InChI=1S/C24H26ClN7O/c1-16(14-32-15-28-30-31-32)33-22-11-17(9-10-20(22)25)18-12-26-23(27-13-18)29-21-8-6-5-7-19(21)24(2,3)4/h5-13,15-16H,14H2,1-4H3,(H,26,27,29)/t16-/m0/s1. The summed E-state index contributed by atoms with van der Waals surface area (Å²) in [4.78, 5) is 9.03. The van der Waals surface area contributed by atoms with Crippen LogP contribution >= 0.6 is 11.6 Å². The van der Waals surface area contributed by atoms with Gasteiger partial charge in [-0.15, -0.1) is 5.10 Å². The molecule has 1 N–H and O–H groups in total. The van der Waals surface area contributed by atoms with Crippen molar-refractivity contribution in [1.82, 2.24) is 30.2 Å². The molecular formula is C24H26ClN7O. The van der Waals surface area contributed by atoms with Crippen molar-refractivity contribution in [1.29, 1.82) is 0 Å². The number of benzene rings is 2. The Hall–Kier alpha value is -3.52. The van der Waals surface area contributed by atoms with Gasteiger partial charge in [0.05, 0.1) is 11.6 Å². The molecule has 33 heavy (non-hydrogen) atoms. The first kappa shape index (κ1) is 22.7. The second-order valence-electron chi connectivity index (χ2n) is 8.82. The molecule has 9 heteroatoms. The van der Waals surface area contributed by atoms with Gasteiger partial charge in [-0.25, -0.2) is 14.6 Å². The third-order valence-corrected chi connectivity index (χ3v) is 5.37. The summed E-state index contributed by atoms with van der Waals surface area (Å²) in [5, 5.41) is 15.0. The molecule has 1 atom stereocenters. The molecule has 8 nitrogen and oxygen atoms in total. The normalized spacial score (nSPS) is 12.4. The summed E-state index contributed by atoms with van der Waals surface area (Å²) in [6.45, 7) is 8.99. The Balaban J connectivity index is 1.50. The van der Waals surface area contributed by atoms with Gasteiger partial charge in [-0.05, 0) is 52.1 Å². The van der Waals surface area contributed by atoms with Crippen LogP contribution in [0.4, 0.5) is 11.6 Å². The van der Waals surface area contributed by atoms with Gasteiger partial charge >= 0.3 is 0 Å². The van der Waals surface area contributed by atoms with Gasteiger partial charge in [-0.2, -0.15) is 0 Å². The predicted octanol–water partition coefficient (Wildman–Crippen LogP) is 5.29. The van der Waals surface area contributed by atoms with E-state index in [1.807, 2.05) is 43.3 Å². The first-order valence-electron chi connectivity index (χ1n) is 10.7. The number of aromatic nitrogens is 6. The van der Waals surface area contributed by atoms with Gasteiger partial charge in [-0.3, -0.25) is 0 Å². The van der Waals surface area contributed by atoms with Crippen molar-refractivity contribution in [3.63, 3.8) is 0 Å². The van der Waals surface area contributed by atoms with Crippen molar-refractivity contribution >= 4 is 23.2 Å². The number of hydrogen-bond acceptors (Lipinski definition) is 7. The predicted molar refractivity (Wildman–Crippen MR) is 129 cm³/mol. The van der Waals surface area contributed by atoms with Gasteiger partial charge < -0.3 is 10.1 Å². The second kappa shape index (κ2) is 9.54. The molecule has 0 radical (unpaired) electrons. The number of halogens is 1. The first-order valence-corrected chi connectivity index (χ1v) is 11.0. The van der Waals surface area contributed by atoms with Crippen LogP contribution in [0.25, 0.3) is 11.1 Å². The van der Waals surface area contributed by atoms with Gasteiger partial charge in [0.1, 0.15) is 18.2 Å². The number of rotatable bonds is 7. The lowest BCUT2D eigenvalue weighted by molar-refractivity contribution is 0.193. The smallest absolute Gasteiger partial charge is 0.227 e. The fourth-order valence-electron chi connectivity index (χ4n) is 3.46. The van der Waals surface area contributed by atoms with E-state index in [0.29, 0.717) is 23.3 Å². The fraction of sp³-hybridized carbons (Fsp3) is 0.292. The third-order valence-electron chi connectivity index (χ3n) is 5.06. The Kier molecular flexibility index (Phi) is 6.55. The zero-order valence-electron chi connectivity index (χ0n) is 19.0. The Morgan fingerprint density at radius 3 is 2.52 bits per heavy atom. The lowest BCUT2D eigenvalue weighted by Gasteiger charge is -2.23. The molecule has 0 spiro atoms. The minimum absolute atomic E-state index is 0.00478. The van der Waals surface area contributed by atoms with E-state index < -0.39 is 0 Å². The summed E-state index contributed by atoms with van der Waals surface area (Å²) in [7, 11) is 0. The van der Waals surface area contributed by atoms with Gasteiger partial charge in [0.2, 0.25) is 5.95 Å². The summed E-state index contributed by atoms with van der Waals surface area (Å²) in [6.07, 6.45) is 4.94. The average molecular weight is 464 g/mol. The van der Waals surface area contributed by atoms with Crippen LogP contribution in [-0.4, -0.2) is 36.3 Å². The number of anilines is 2. The molecule has 0 saturated heterocycles. The molecule has 0 amide bonds. The maximum atomic E-state index is 6.36. The molecule has 4 aromatic rings. The van der Waals surface area contributed by atoms with Gasteiger partial charge in [-0.1, -0.05) is 56.6 Å². The van der Waals surface area contributed by atoms with Crippen molar-refractivity contribution in [3.8, 4) is 16.9 Å². The number of tetrazole rings is 1. The molecule has 2 aromatic carbocycles. The van der Waals surface area contributed by atoms with E-state index in [9.17, 15) is 0 Å². The summed E-state index contributed by atoms with van der Waals surface area (Å²) in [5.74, 6) is 1.12. The topological polar surface area (TPSA) is 90.6 Å². The molecular weight excluding hydrogens is 438 g/mol. The SMILES string of the molecule is C[C@@H](Cn1cnnn1)Oc1cc(-c2cnc(Nc3ccccc3C(C)(C)C)nc2)ccc1Cl. The van der Waals surface area contributed by atoms with Crippen LogP contribution in [0.15, 0.2) is 61.2 Å². The lowest BCUT2D eigenvalue weighted by atomic mass is 9.86. The van der Waals surface area contributed by atoms with E-state index in [4.69, 9.17) is 16.3 Å². The quantitative estimate of drug-likeness (QED) is 0.398. The summed E-state index contributed by atoms with van der Waals surface area (Å²) in [6, 6.07) is 13.8. The van der Waals surface area contributed by atoms with E-state index in [0.717, 1.165) is 16.8 Å². The van der Waals surface area contributed by atoms with Crippen LogP contribution < -0.4 is 10.1 Å². The van der Waals surface area contributed by atoms with Crippen molar-refractivity contribution in [3.05, 3.63) is 71.8 Å². The molecule has 0 fully saturated rings. The van der Waals surface area contributed by atoms with Crippen LogP contribution in [0.5, 0.6) is 5.75 Å². The number of para-hydroxylation sites is 1. The monoisotopic (exact) mass is 463 g/mol. The van der Waals surface area contributed by atoms with Crippen LogP contribution in [0.2, 0.25) is 5.02 Å². The van der Waals surface area contributed by atoms with Crippen LogP contribution in [-0.2, 0) is 12.0 Å². The van der Waals surface area contributed by atoms with E-state index in [1.54, 1.807) is 23.4 Å². The minimum atomic E-state index is -0.174. The van der Waals surface area contributed by atoms with Crippen molar-refractivity contribution in [2.75, 3.05) is 5.32 Å². The highest BCUT2D eigenvalue weighted by atomic mass is 35.5.